The lowest BCUT2D eigenvalue weighted by molar-refractivity contribution is 0.102. The standard InChI is InChI=1S/C18H13Cl2N3O3/c19-13-4-1-11(2-5-13)8-23-9-14(20)17(22-23)21-18(24)12-3-6-15-16(7-12)26-10-25-15/h1-7,9H,8,10H2,(H,21,22,24). The number of carbonyl (C=O) groups excluding carboxylic acids is 1. The molecule has 1 aliphatic heterocycles. The topological polar surface area (TPSA) is 65.4 Å². The van der Waals surface area contributed by atoms with Gasteiger partial charge in [-0.1, -0.05) is 35.3 Å². The van der Waals surface area contributed by atoms with E-state index in [1.807, 2.05) is 24.3 Å². The summed E-state index contributed by atoms with van der Waals surface area (Å²) in [5.74, 6) is 1.12. The third-order valence-corrected chi connectivity index (χ3v) is 4.37. The molecule has 8 heteroatoms. The molecule has 1 aromatic heterocycles. The minimum absolute atomic E-state index is 0.154. The molecule has 4 rings (SSSR count). The second-order valence-electron chi connectivity index (χ2n) is 5.67. The van der Waals surface area contributed by atoms with E-state index in [4.69, 9.17) is 32.7 Å². The zero-order valence-electron chi connectivity index (χ0n) is 13.4. The first-order valence-electron chi connectivity index (χ1n) is 7.77. The van der Waals surface area contributed by atoms with E-state index in [2.05, 4.69) is 10.4 Å². The van der Waals surface area contributed by atoms with Crippen LogP contribution in [-0.2, 0) is 6.54 Å². The van der Waals surface area contributed by atoms with Crippen LogP contribution in [0.2, 0.25) is 10.0 Å². The normalized spacial score (nSPS) is 12.2. The van der Waals surface area contributed by atoms with Crippen LogP contribution >= 0.6 is 23.2 Å². The van der Waals surface area contributed by atoms with Crippen LogP contribution < -0.4 is 14.8 Å². The van der Waals surface area contributed by atoms with Gasteiger partial charge in [0.15, 0.2) is 17.3 Å². The van der Waals surface area contributed by atoms with Crippen molar-refractivity contribution >= 4 is 34.9 Å². The summed E-state index contributed by atoms with van der Waals surface area (Å²) in [7, 11) is 0. The number of amides is 1. The Morgan fingerprint density at radius 3 is 2.69 bits per heavy atom. The lowest BCUT2D eigenvalue weighted by Gasteiger charge is -2.04. The van der Waals surface area contributed by atoms with Gasteiger partial charge in [0.25, 0.3) is 5.91 Å². The van der Waals surface area contributed by atoms with Crippen LogP contribution in [0.4, 0.5) is 5.82 Å². The van der Waals surface area contributed by atoms with E-state index < -0.39 is 0 Å². The highest BCUT2D eigenvalue weighted by atomic mass is 35.5. The van der Waals surface area contributed by atoms with Gasteiger partial charge in [-0.15, -0.1) is 0 Å². The van der Waals surface area contributed by atoms with Crippen LogP contribution in [-0.4, -0.2) is 22.5 Å². The Bertz CT molecular complexity index is 970. The van der Waals surface area contributed by atoms with Crippen molar-refractivity contribution in [2.45, 2.75) is 6.54 Å². The van der Waals surface area contributed by atoms with Gasteiger partial charge in [0, 0.05) is 16.8 Å². The van der Waals surface area contributed by atoms with Crippen molar-refractivity contribution < 1.29 is 14.3 Å². The molecular weight excluding hydrogens is 377 g/mol. The highest BCUT2D eigenvalue weighted by Crippen LogP contribution is 2.32. The monoisotopic (exact) mass is 389 g/mol. The van der Waals surface area contributed by atoms with Crippen LogP contribution in [0, 0.1) is 0 Å². The average molecular weight is 390 g/mol. The Balaban J connectivity index is 1.48. The molecule has 1 amide bonds. The van der Waals surface area contributed by atoms with Crippen LogP contribution in [0.1, 0.15) is 15.9 Å². The van der Waals surface area contributed by atoms with Gasteiger partial charge in [0.2, 0.25) is 6.79 Å². The number of benzene rings is 2. The van der Waals surface area contributed by atoms with Gasteiger partial charge in [0.05, 0.1) is 6.54 Å². The molecule has 0 fully saturated rings. The average Bonchev–Trinajstić information content (AvgIpc) is 3.23. The Hall–Kier alpha value is -2.70. The van der Waals surface area contributed by atoms with Crippen molar-refractivity contribution in [1.29, 1.82) is 0 Å². The van der Waals surface area contributed by atoms with E-state index in [1.165, 1.54) is 0 Å². The second-order valence-corrected chi connectivity index (χ2v) is 6.52. The molecule has 2 aromatic carbocycles. The third kappa shape index (κ3) is 3.47. The van der Waals surface area contributed by atoms with Crippen molar-refractivity contribution in [1.82, 2.24) is 9.78 Å². The number of nitrogens with one attached hydrogen (secondary N) is 1. The van der Waals surface area contributed by atoms with Gasteiger partial charge in [-0.05, 0) is 35.9 Å². The Morgan fingerprint density at radius 1 is 1.12 bits per heavy atom. The highest BCUT2D eigenvalue weighted by Gasteiger charge is 2.18. The molecule has 3 aromatic rings. The fourth-order valence-electron chi connectivity index (χ4n) is 2.56. The molecule has 1 N–H and O–H groups in total. The number of aromatic nitrogens is 2. The van der Waals surface area contributed by atoms with E-state index in [0.29, 0.717) is 39.5 Å². The molecule has 132 valence electrons. The number of hydrogen-bond donors (Lipinski definition) is 1. The number of fused-ring (bicyclic) bond motifs is 1. The maximum Gasteiger partial charge on any atom is 0.257 e. The molecule has 0 saturated carbocycles. The fourth-order valence-corrected chi connectivity index (χ4v) is 2.88. The van der Waals surface area contributed by atoms with Crippen molar-refractivity contribution in [3.63, 3.8) is 0 Å². The van der Waals surface area contributed by atoms with Gasteiger partial charge in [-0.3, -0.25) is 9.48 Å². The number of ether oxygens (including phenoxy) is 2. The molecule has 0 atom stereocenters. The quantitative estimate of drug-likeness (QED) is 0.725. The van der Waals surface area contributed by atoms with Gasteiger partial charge in [-0.25, -0.2) is 0 Å². The van der Waals surface area contributed by atoms with E-state index in [9.17, 15) is 4.79 Å². The molecular formula is C18H13Cl2N3O3. The van der Waals surface area contributed by atoms with E-state index in [0.717, 1.165) is 5.56 Å². The van der Waals surface area contributed by atoms with E-state index in [-0.39, 0.29) is 12.7 Å². The third-order valence-electron chi connectivity index (χ3n) is 3.84. The molecule has 0 aliphatic carbocycles. The van der Waals surface area contributed by atoms with Gasteiger partial charge >= 0.3 is 0 Å². The molecule has 1 aliphatic rings. The van der Waals surface area contributed by atoms with Crippen molar-refractivity contribution in [3.8, 4) is 11.5 Å². The Labute approximate surface area is 159 Å². The predicted octanol–water partition coefficient (Wildman–Crippen LogP) is 4.22. The van der Waals surface area contributed by atoms with Crippen LogP contribution in [0.3, 0.4) is 0 Å². The lowest BCUT2D eigenvalue weighted by Crippen LogP contribution is -2.13. The summed E-state index contributed by atoms with van der Waals surface area (Å²) in [6.07, 6.45) is 1.66. The number of hydrogen-bond acceptors (Lipinski definition) is 4. The number of nitrogens with zero attached hydrogens (tertiary/aromatic N) is 2. The summed E-state index contributed by atoms with van der Waals surface area (Å²) in [4.78, 5) is 12.4. The number of carbonyl (C=O) groups is 1. The van der Waals surface area contributed by atoms with Crippen LogP contribution in [0.15, 0.2) is 48.7 Å². The predicted molar refractivity (Wildman–Crippen MR) is 98.3 cm³/mol. The molecule has 0 radical (unpaired) electrons. The summed E-state index contributed by atoms with van der Waals surface area (Å²) in [6, 6.07) is 12.4. The first kappa shape index (κ1) is 16.8. The Morgan fingerprint density at radius 2 is 1.88 bits per heavy atom. The molecule has 6 nitrogen and oxygen atoms in total. The van der Waals surface area contributed by atoms with Crippen LogP contribution in [0.5, 0.6) is 11.5 Å². The second kappa shape index (κ2) is 6.90. The smallest absolute Gasteiger partial charge is 0.257 e. The summed E-state index contributed by atoms with van der Waals surface area (Å²) >= 11 is 12.1. The van der Waals surface area contributed by atoms with Crippen LogP contribution in [0.25, 0.3) is 0 Å². The summed E-state index contributed by atoms with van der Waals surface area (Å²) in [5.41, 5.74) is 1.44. The minimum atomic E-state index is -0.332. The largest absolute Gasteiger partial charge is 0.454 e. The maximum absolute atomic E-state index is 12.4. The SMILES string of the molecule is O=C(Nc1nn(Cc2ccc(Cl)cc2)cc1Cl)c1ccc2c(c1)OCO2. The molecule has 0 unspecified atom stereocenters. The van der Waals surface area contributed by atoms with Crippen molar-refractivity contribution in [2.24, 2.45) is 0 Å². The Kier molecular flexibility index (Phi) is 4.44. The number of anilines is 1. The summed E-state index contributed by atoms with van der Waals surface area (Å²) in [5, 5.41) is 8.07. The molecule has 0 spiro atoms. The summed E-state index contributed by atoms with van der Waals surface area (Å²) in [6.45, 7) is 0.665. The van der Waals surface area contributed by atoms with Crippen molar-refractivity contribution in [2.75, 3.05) is 12.1 Å². The minimum Gasteiger partial charge on any atom is -0.454 e. The first-order valence-corrected chi connectivity index (χ1v) is 8.52. The highest BCUT2D eigenvalue weighted by molar-refractivity contribution is 6.33. The molecule has 0 bridgehead atoms. The lowest BCUT2D eigenvalue weighted by atomic mass is 10.2. The van der Waals surface area contributed by atoms with Gasteiger partial charge in [-0.2, -0.15) is 5.10 Å². The number of halogens is 2. The van der Waals surface area contributed by atoms with E-state index >= 15 is 0 Å². The molecule has 2 heterocycles. The number of rotatable bonds is 4. The van der Waals surface area contributed by atoms with Gasteiger partial charge in [0.1, 0.15) is 5.02 Å². The first-order chi connectivity index (χ1) is 12.6. The molecule has 0 saturated heterocycles. The zero-order chi connectivity index (χ0) is 18.1. The molecule has 26 heavy (non-hydrogen) atoms. The van der Waals surface area contributed by atoms with Crippen molar-refractivity contribution in [3.05, 3.63) is 69.8 Å². The fraction of sp³-hybridized carbons (Fsp3) is 0.111. The van der Waals surface area contributed by atoms with Gasteiger partial charge < -0.3 is 14.8 Å². The maximum atomic E-state index is 12.4. The zero-order valence-corrected chi connectivity index (χ0v) is 14.9. The van der Waals surface area contributed by atoms with E-state index in [1.54, 1.807) is 29.1 Å². The summed E-state index contributed by atoms with van der Waals surface area (Å²) < 4.78 is 12.2.